The van der Waals surface area contributed by atoms with E-state index < -0.39 is 47.9 Å². The van der Waals surface area contributed by atoms with E-state index in [1.807, 2.05) is 6.26 Å². The molecule has 4 unspecified atom stereocenters. The maximum absolute atomic E-state index is 12.5. The van der Waals surface area contributed by atoms with Gasteiger partial charge in [0, 0.05) is 5.75 Å². The van der Waals surface area contributed by atoms with E-state index >= 15 is 0 Å². The minimum atomic E-state index is -1.15. The number of rotatable bonds is 12. The van der Waals surface area contributed by atoms with Crippen molar-refractivity contribution in [2.75, 3.05) is 17.8 Å². The van der Waals surface area contributed by atoms with Crippen LogP contribution in [0.2, 0.25) is 0 Å². The lowest BCUT2D eigenvalue weighted by molar-refractivity contribution is -0.143. The number of hydrogen-bond acceptors (Lipinski definition) is 7. The number of amides is 3. The molecule has 0 fully saturated rings. The summed E-state index contributed by atoms with van der Waals surface area (Å²) < 4.78 is 0. The van der Waals surface area contributed by atoms with E-state index in [4.69, 9.17) is 10.8 Å². The minimum absolute atomic E-state index is 0.132. The quantitative estimate of drug-likeness (QED) is 0.226. The van der Waals surface area contributed by atoms with Gasteiger partial charge >= 0.3 is 5.97 Å². The zero-order valence-electron chi connectivity index (χ0n) is 16.0. The van der Waals surface area contributed by atoms with Gasteiger partial charge in [0.1, 0.15) is 18.1 Å². The van der Waals surface area contributed by atoms with Crippen molar-refractivity contribution in [3.05, 3.63) is 0 Å². The Morgan fingerprint density at radius 3 is 2.07 bits per heavy atom. The lowest BCUT2D eigenvalue weighted by Gasteiger charge is -2.24. The molecule has 0 aromatic heterocycles. The predicted molar refractivity (Wildman–Crippen MR) is 109 cm³/mol. The molecular weight excluding hydrogens is 392 g/mol. The fourth-order valence-corrected chi connectivity index (χ4v) is 2.67. The number of thioether (sulfide) groups is 1. The van der Waals surface area contributed by atoms with Crippen LogP contribution in [0.25, 0.3) is 0 Å². The van der Waals surface area contributed by atoms with Crippen molar-refractivity contribution in [3.63, 3.8) is 0 Å². The SMILES string of the molecule is CSCCC(NC(=O)C(N)CS)C(=O)NC(C)C(=O)NC(C(=O)O)C(C)C. The molecular formula is C16H30N4O5S2. The standard InChI is InChI=1S/C16H30N4O5S2/c1-8(2)12(16(24)25)20-13(21)9(3)18-15(23)11(5-6-27-4)19-14(22)10(17)7-26/h8-12,26H,5-7,17H2,1-4H3,(H,18,23)(H,19,22)(H,20,21)(H,24,25). The fourth-order valence-electron chi connectivity index (χ4n) is 2.04. The molecule has 0 radical (unpaired) electrons. The summed E-state index contributed by atoms with van der Waals surface area (Å²) in [5, 5.41) is 16.6. The highest BCUT2D eigenvalue weighted by Crippen LogP contribution is 2.04. The lowest BCUT2D eigenvalue weighted by atomic mass is 10.0. The molecule has 0 aliphatic rings. The van der Waals surface area contributed by atoms with Crippen molar-refractivity contribution in [2.45, 2.75) is 51.4 Å². The molecule has 0 aliphatic carbocycles. The molecule has 0 saturated carbocycles. The van der Waals surface area contributed by atoms with Gasteiger partial charge in [-0.3, -0.25) is 14.4 Å². The van der Waals surface area contributed by atoms with Crippen LogP contribution in [0.5, 0.6) is 0 Å². The van der Waals surface area contributed by atoms with Gasteiger partial charge in [-0.1, -0.05) is 13.8 Å². The van der Waals surface area contributed by atoms with Gasteiger partial charge in [0.15, 0.2) is 0 Å². The summed E-state index contributed by atoms with van der Waals surface area (Å²) in [7, 11) is 0. The number of nitrogens with two attached hydrogens (primary N) is 1. The third kappa shape index (κ3) is 9.34. The van der Waals surface area contributed by atoms with E-state index in [0.717, 1.165) is 0 Å². The maximum Gasteiger partial charge on any atom is 0.326 e. The van der Waals surface area contributed by atoms with Crippen LogP contribution in [0.3, 0.4) is 0 Å². The van der Waals surface area contributed by atoms with Crippen molar-refractivity contribution in [2.24, 2.45) is 11.7 Å². The average molecular weight is 423 g/mol. The molecule has 0 spiro atoms. The number of nitrogens with one attached hydrogen (secondary N) is 3. The van der Waals surface area contributed by atoms with E-state index in [0.29, 0.717) is 12.2 Å². The molecule has 0 saturated heterocycles. The largest absolute Gasteiger partial charge is 0.480 e. The topological polar surface area (TPSA) is 151 Å². The van der Waals surface area contributed by atoms with Gasteiger partial charge in [0.05, 0.1) is 6.04 Å². The number of carbonyl (C=O) groups excluding carboxylic acids is 3. The molecule has 11 heteroatoms. The molecule has 0 rings (SSSR count). The second kappa shape index (κ2) is 12.8. The zero-order valence-corrected chi connectivity index (χ0v) is 17.7. The monoisotopic (exact) mass is 422 g/mol. The third-order valence-electron chi connectivity index (χ3n) is 3.76. The number of carbonyl (C=O) groups is 4. The Labute approximate surface area is 169 Å². The van der Waals surface area contributed by atoms with Gasteiger partial charge in [0.2, 0.25) is 17.7 Å². The Morgan fingerprint density at radius 2 is 1.63 bits per heavy atom. The second-order valence-electron chi connectivity index (χ2n) is 6.43. The zero-order chi connectivity index (χ0) is 21.1. The van der Waals surface area contributed by atoms with Crippen molar-refractivity contribution in [1.29, 1.82) is 0 Å². The smallest absolute Gasteiger partial charge is 0.326 e. The van der Waals surface area contributed by atoms with Gasteiger partial charge in [-0.2, -0.15) is 24.4 Å². The van der Waals surface area contributed by atoms with Gasteiger partial charge < -0.3 is 26.8 Å². The highest BCUT2D eigenvalue weighted by Gasteiger charge is 2.29. The Hall–Kier alpha value is -1.46. The molecule has 0 heterocycles. The van der Waals surface area contributed by atoms with Gasteiger partial charge in [-0.15, -0.1) is 0 Å². The van der Waals surface area contributed by atoms with Gasteiger partial charge in [-0.05, 0) is 31.3 Å². The van der Waals surface area contributed by atoms with Crippen LogP contribution >= 0.6 is 24.4 Å². The Morgan fingerprint density at radius 1 is 1.04 bits per heavy atom. The molecule has 6 N–H and O–H groups in total. The first-order valence-electron chi connectivity index (χ1n) is 8.54. The molecule has 156 valence electrons. The number of carboxylic acids is 1. The molecule has 0 aliphatic heterocycles. The maximum atomic E-state index is 12.5. The summed E-state index contributed by atoms with van der Waals surface area (Å²) in [6.07, 6.45) is 2.22. The van der Waals surface area contributed by atoms with Crippen LogP contribution in [0, 0.1) is 5.92 Å². The minimum Gasteiger partial charge on any atom is -0.480 e. The number of aliphatic carboxylic acids is 1. The Kier molecular flexibility index (Phi) is 12.1. The third-order valence-corrected chi connectivity index (χ3v) is 4.80. The first-order valence-corrected chi connectivity index (χ1v) is 10.6. The molecule has 3 amide bonds. The number of carboxylic acid groups (broad SMARTS) is 1. The summed E-state index contributed by atoms with van der Waals surface area (Å²) in [6.45, 7) is 4.78. The molecule has 9 nitrogen and oxygen atoms in total. The van der Waals surface area contributed by atoms with Crippen LogP contribution in [-0.4, -0.2) is 70.7 Å². The molecule has 0 aromatic carbocycles. The normalized spacial score (nSPS) is 15.4. The summed E-state index contributed by atoms with van der Waals surface area (Å²) >= 11 is 5.46. The Bertz CT molecular complexity index is 533. The van der Waals surface area contributed by atoms with E-state index in [1.165, 1.54) is 18.7 Å². The summed E-state index contributed by atoms with van der Waals surface area (Å²) in [5.41, 5.74) is 5.61. The van der Waals surface area contributed by atoms with Crippen molar-refractivity contribution in [1.82, 2.24) is 16.0 Å². The summed E-state index contributed by atoms with van der Waals surface area (Å²) in [4.78, 5) is 47.8. The second-order valence-corrected chi connectivity index (χ2v) is 7.78. The number of thiol groups is 1. The van der Waals surface area contributed by atoms with Gasteiger partial charge in [-0.25, -0.2) is 4.79 Å². The first-order chi connectivity index (χ1) is 12.5. The van der Waals surface area contributed by atoms with Gasteiger partial charge in [0.25, 0.3) is 0 Å². The van der Waals surface area contributed by atoms with Crippen LogP contribution in [0.15, 0.2) is 0 Å². The summed E-state index contributed by atoms with van der Waals surface area (Å²) in [5.74, 6) is -2.38. The first kappa shape index (κ1) is 25.5. The van der Waals surface area contributed by atoms with Crippen molar-refractivity contribution < 1.29 is 24.3 Å². The van der Waals surface area contributed by atoms with E-state index in [-0.39, 0.29) is 11.7 Å². The van der Waals surface area contributed by atoms with Crippen molar-refractivity contribution in [3.8, 4) is 0 Å². The summed E-state index contributed by atoms with van der Waals surface area (Å²) in [6, 6.07) is -3.73. The van der Waals surface area contributed by atoms with Crippen LogP contribution < -0.4 is 21.7 Å². The Balaban J connectivity index is 4.95. The number of hydrogen-bond donors (Lipinski definition) is 6. The molecule has 0 aromatic rings. The highest BCUT2D eigenvalue weighted by molar-refractivity contribution is 7.98. The fraction of sp³-hybridized carbons (Fsp3) is 0.750. The van der Waals surface area contributed by atoms with E-state index in [1.54, 1.807) is 13.8 Å². The van der Waals surface area contributed by atoms with E-state index in [9.17, 15) is 19.2 Å². The van der Waals surface area contributed by atoms with Crippen LogP contribution in [0.4, 0.5) is 0 Å². The molecule has 27 heavy (non-hydrogen) atoms. The van der Waals surface area contributed by atoms with Crippen molar-refractivity contribution >= 4 is 48.1 Å². The van der Waals surface area contributed by atoms with Crippen LogP contribution in [0.1, 0.15) is 27.2 Å². The highest BCUT2D eigenvalue weighted by atomic mass is 32.2. The predicted octanol–water partition coefficient (Wildman–Crippen LogP) is -0.788. The average Bonchev–Trinajstić information content (AvgIpc) is 2.60. The molecule has 4 atom stereocenters. The lowest BCUT2D eigenvalue weighted by Crippen LogP contribution is -2.57. The van der Waals surface area contributed by atoms with Crippen LogP contribution in [-0.2, 0) is 19.2 Å². The molecule has 0 bridgehead atoms. The van der Waals surface area contributed by atoms with E-state index in [2.05, 4.69) is 28.6 Å².